The Morgan fingerprint density at radius 2 is 1.48 bits per heavy atom. The van der Waals surface area contributed by atoms with Crippen LogP contribution >= 0.6 is 11.6 Å². The first-order chi connectivity index (χ1) is 9.59. The van der Waals surface area contributed by atoms with Crippen LogP contribution in [0.1, 0.15) is 33.6 Å². The van der Waals surface area contributed by atoms with Gasteiger partial charge in [0.15, 0.2) is 0 Å². The standard InChI is InChI=1S/C15H19ClN2O2S/c1-8-7-9(2)11(4)15(10(8)3)21(19,20)18-13(6)14(16)12(5)17-18/h7H,1-6H3. The largest absolute Gasteiger partial charge is 0.283 e. The Bertz CT molecular complexity index is 810. The zero-order valence-corrected chi connectivity index (χ0v) is 14.6. The number of hydrogen-bond acceptors (Lipinski definition) is 3. The van der Waals surface area contributed by atoms with E-state index in [4.69, 9.17) is 11.6 Å². The molecule has 114 valence electrons. The Kier molecular flexibility index (Phi) is 3.93. The number of halogens is 1. The monoisotopic (exact) mass is 326 g/mol. The van der Waals surface area contributed by atoms with Crippen LogP contribution in [-0.2, 0) is 10.0 Å². The topological polar surface area (TPSA) is 52.0 Å². The Labute approximate surface area is 130 Å². The van der Waals surface area contributed by atoms with Gasteiger partial charge in [0.05, 0.1) is 21.3 Å². The summed E-state index contributed by atoms with van der Waals surface area (Å²) in [7, 11) is -3.76. The van der Waals surface area contributed by atoms with Crippen molar-refractivity contribution < 1.29 is 8.42 Å². The summed E-state index contributed by atoms with van der Waals surface area (Å²) in [5.41, 5.74) is 4.35. The van der Waals surface area contributed by atoms with Crippen LogP contribution in [0, 0.1) is 41.5 Å². The predicted octanol–water partition coefficient (Wildman–Crippen LogP) is 3.62. The van der Waals surface area contributed by atoms with Gasteiger partial charge >= 0.3 is 0 Å². The summed E-state index contributed by atoms with van der Waals surface area (Å²) in [4.78, 5) is 0.322. The maximum Gasteiger partial charge on any atom is 0.283 e. The molecule has 2 aromatic rings. The summed E-state index contributed by atoms with van der Waals surface area (Å²) in [6.07, 6.45) is 0. The van der Waals surface area contributed by atoms with Gasteiger partial charge in [0.2, 0.25) is 0 Å². The molecule has 0 aliphatic rings. The van der Waals surface area contributed by atoms with Gasteiger partial charge in [-0.1, -0.05) is 17.7 Å². The van der Waals surface area contributed by atoms with Gasteiger partial charge in [0, 0.05) is 0 Å². The molecule has 0 bridgehead atoms. The van der Waals surface area contributed by atoms with Gasteiger partial charge in [-0.3, -0.25) is 0 Å². The number of aromatic nitrogens is 2. The van der Waals surface area contributed by atoms with Gasteiger partial charge < -0.3 is 0 Å². The quantitative estimate of drug-likeness (QED) is 0.847. The first-order valence-electron chi connectivity index (χ1n) is 6.63. The summed E-state index contributed by atoms with van der Waals surface area (Å²) in [5.74, 6) is 0. The summed E-state index contributed by atoms with van der Waals surface area (Å²) in [6.45, 7) is 10.8. The first kappa shape index (κ1) is 16.0. The lowest BCUT2D eigenvalue weighted by Crippen LogP contribution is -2.19. The lowest BCUT2D eigenvalue weighted by molar-refractivity contribution is 0.576. The second-order valence-electron chi connectivity index (χ2n) is 5.42. The van der Waals surface area contributed by atoms with Crippen LogP contribution in [0.5, 0.6) is 0 Å². The highest BCUT2D eigenvalue weighted by atomic mass is 35.5. The van der Waals surface area contributed by atoms with Crippen LogP contribution in [0.15, 0.2) is 11.0 Å². The predicted molar refractivity (Wildman–Crippen MR) is 84.7 cm³/mol. The molecule has 0 spiro atoms. The van der Waals surface area contributed by atoms with E-state index in [0.29, 0.717) is 21.3 Å². The molecule has 0 saturated heterocycles. The van der Waals surface area contributed by atoms with E-state index in [1.54, 1.807) is 13.8 Å². The second kappa shape index (κ2) is 5.14. The fraction of sp³-hybridized carbons (Fsp3) is 0.400. The zero-order chi connectivity index (χ0) is 16.1. The van der Waals surface area contributed by atoms with Crippen LogP contribution in [0.3, 0.4) is 0 Å². The van der Waals surface area contributed by atoms with Crippen LogP contribution in [0.4, 0.5) is 0 Å². The van der Waals surface area contributed by atoms with E-state index in [1.165, 1.54) is 0 Å². The number of hydrogen-bond donors (Lipinski definition) is 0. The molecular formula is C15H19ClN2O2S. The minimum Gasteiger partial charge on any atom is -0.199 e. The van der Waals surface area contributed by atoms with Gasteiger partial charge in [-0.15, -0.1) is 0 Å². The maximum atomic E-state index is 13.0. The van der Waals surface area contributed by atoms with Crippen molar-refractivity contribution in [2.24, 2.45) is 0 Å². The van der Waals surface area contributed by atoms with Crippen LogP contribution in [0.2, 0.25) is 5.02 Å². The van der Waals surface area contributed by atoms with Gasteiger partial charge in [-0.25, -0.2) is 0 Å². The van der Waals surface area contributed by atoms with Gasteiger partial charge in [0.25, 0.3) is 10.0 Å². The zero-order valence-electron chi connectivity index (χ0n) is 13.1. The van der Waals surface area contributed by atoms with Crippen LogP contribution in [-0.4, -0.2) is 17.6 Å². The Balaban J connectivity index is 2.85. The summed E-state index contributed by atoms with van der Waals surface area (Å²) in [6, 6.07) is 2.00. The van der Waals surface area contributed by atoms with E-state index in [2.05, 4.69) is 5.10 Å². The molecule has 0 N–H and O–H groups in total. The molecule has 0 unspecified atom stereocenters. The molecule has 1 heterocycles. The lowest BCUT2D eigenvalue weighted by Gasteiger charge is -2.16. The molecule has 0 fully saturated rings. The summed E-state index contributed by atoms with van der Waals surface area (Å²) in [5, 5.41) is 4.48. The Hall–Kier alpha value is -1.33. The summed E-state index contributed by atoms with van der Waals surface area (Å²) >= 11 is 6.09. The molecule has 0 aliphatic heterocycles. The fourth-order valence-corrected chi connectivity index (χ4v) is 4.61. The molecule has 0 amide bonds. The van der Waals surface area contributed by atoms with E-state index < -0.39 is 10.0 Å². The number of aryl methyl sites for hydroxylation is 3. The highest BCUT2D eigenvalue weighted by Gasteiger charge is 2.27. The SMILES string of the molecule is Cc1cc(C)c(C)c(S(=O)(=O)n2nc(C)c(Cl)c2C)c1C. The van der Waals surface area contributed by atoms with Crippen molar-refractivity contribution in [1.29, 1.82) is 0 Å². The molecule has 0 saturated carbocycles. The highest BCUT2D eigenvalue weighted by Crippen LogP contribution is 2.30. The van der Waals surface area contributed by atoms with Crippen LogP contribution < -0.4 is 0 Å². The van der Waals surface area contributed by atoms with E-state index in [1.807, 2.05) is 33.8 Å². The summed E-state index contributed by atoms with van der Waals surface area (Å²) < 4.78 is 27.1. The smallest absolute Gasteiger partial charge is 0.199 e. The molecule has 0 aliphatic carbocycles. The first-order valence-corrected chi connectivity index (χ1v) is 8.45. The highest BCUT2D eigenvalue weighted by molar-refractivity contribution is 7.90. The van der Waals surface area contributed by atoms with Crippen molar-refractivity contribution in [3.05, 3.63) is 44.7 Å². The molecule has 21 heavy (non-hydrogen) atoms. The second-order valence-corrected chi connectivity index (χ2v) is 7.50. The van der Waals surface area contributed by atoms with Gasteiger partial charge in [-0.05, 0) is 63.8 Å². The molecule has 6 heteroatoms. The van der Waals surface area contributed by atoms with Crippen molar-refractivity contribution in [3.63, 3.8) is 0 Å². The lowest BCUT2D eigenvalue weighted by atomic mass is 10.0. The minimum atomic E-state index is -3.76. The number of benzene rings is 1. The molecule has 1 aromatic carbocycles. The average molecular weight is 327 g/mol. The van der Waals surface area contributed by atoms with Crippen molar-refractivity contribution in [3.8, 4) is 0 Å². The minimum absolute atomic E-state index is 0.322. The molecule has 0 radical (unpaired) electrons. The molecule has 0 atom stereocenters. The van der Waals surface area contributed by atoms with Crippen molar-refractivity contribution >= 4 is 21.6 Å². The third-order valence-electron chi connectivity index (χ3n) is 3.95. The van der Waals surface area contributed by atoms with Gasteiger partial charge in [-0.2, -0.15) is 17.6 Å². The van der Waals surface area contributed by atoms with E-state index in [0.717, 1.165) is 26.3 Å². The molecule has 1 aromatic heterocycles. The third kappa shape index (κ3) is 2.38. The fourth-order valence-electron chi connectivity index (χ4n) is 2.49. The average Bonchev–Trinajstić information content (AvgIpc) is 2.65. The molecule has 2 rings (SSSR count). The number of nitrogens with zero attached hydrogens (tertiary/aromatic N) is 2. The van der Waals surface area contributed by atoms with Crippen LogP contribution in [0.25, 0.3) is 0 Å². The van der Waals surface area contributed by atoms with E-state index in [-0.39, 0.29) is 0 Å². The molecular weight excluding hydrogens is 308 g/mol. The van der Waals surface area contributed by atoms with E-state index in [9.17, 15) is 8.42 Å². The van der Waals surface area contributed by atoms with Crippen molar-refractivity contribution in [2.75, 3.05) is 0 Å². The van der Waals surface area contributed by atoms with Gasteiger partial charge in [0.1, 0.15) is 0 Å². The number of rotatable bonds is 2. The normalized spacial score (nSPS) is 12.0. The maximum absolute atomic E-state index is 13.0. The Morgan fingerprint density at radius 1 is 1.00 bits per heavy atom. The third-order valence-corrected chi connectivity index (χ3v) is 6.43. The molecule has 4 nitrogen and oxygen atoms in total. The van der Waals surface area contributed by atoms with Crippen molar-refractivity contribution in [2.45, 2.75) is 46.4 Å². The Morgan fingerprint density at radius 3 is 1.86 bits per heavy atom. The van der Waals surface area contributed by atoms with E-state index >= 15 is 0 Å². The van der Waals surface area contributed by atoms with Crippen molar-refractivity contribution in [1.82, 2.24) is 9.19 Å².